The maximum Gasteiger partial charge on any atom is 0.422 e. The third-order valence-corrected chi connectivity index (χ3v) is 2.04. The van der Waals surface area contributed by atoms with E-state index in [0.717, 1.165) is 17.5 Å². The number of benzene rings is 1. The molecule has 4 heteroatoms. The highest BCUT2D eigenvalue weighted by atomic mass is 19.4. The molecule has 84 valence electrons. The molecule has 0 spiro atoms. The monoisotopic (exact) mass is 218 g/mol. The first-order valence-electron chi connectivity index (χ1n) is 4.71. The number of alkyl halides is 3. The summed E-state index contributed by atoms with van der Waals surface area (Å²) in [5.41, 5.74) is 1.82. The summed E-state index contributed by atoms with van der Waals surface area (Å²) in [4.78, 5) is 0. The van der Waals surface area contributed by atoms with Crippen molar-refractivity contribution in [3.05, 3.63) is 29.3 Å². The van der Waals surface area contributed by atoms with Gasteiger partial charge in [0, 0.05) is 0 Å². The molecule has 0 aliphatic heterocycles. The standard InChI is InChI=1S/C11H13F3O/c1-3-9-4-5-10(8(2)6-9)15-7-11(12,13)14/h4-6H,3,7H2,1-2H3. The van der Waals surface area contributed by atoms with E-state index >= 15 is 0 Å². The predicted octanol–water partition coefficient (Wildman–Crippen LogP) is 3.50. The fourth-order valence-electron chi connectivity index (χ4n) is 1.25. The Morgan fingerprint density at radius 3 is 2.40 bits per heavy atom. The van der Waals surface area contributed by atoms with Gasteiger partial charge < -0.3 is 4.74 Å². The van der Waals surface area contributed by atoms with Crippen molar-refractivity contribution in [1.82, 2.24) is 0 Å². The first-order valence-corrected chi connectivity index (χ1v) is 4.71. The first kappa shape index (κ1) is 11.9. The van der Waals surface area contributed by atoms with Gasteiger partial charge in [-0.1, -0.05) is 19.1 Å². The zero-order valence-corrected chi connectivity index (χ0v) is 8.69. The molecule has 0 amide bonds. The van der Waals surface area contributed by atoms with Crippen molar-refractivity contribution in [1.29, 1.82) is 0 Å². The second-order valence-corrected chi connectivity index (χ2v) is 3.36. The Labute approximate surface area is 86.9 Å². The smallest absolute Gasteiger partial charge is 0.422 e. The van der Waals surface area contributed by atoms with Crippen LogP contribution in [0.5, 0.6) is 5.75 Å². The van der Waals surface area contributed by atoms with Crippen molar-refractivity contribution in [2.45, 2.75) is 26.4 Å². The van der Waals surface area contributed by atoms with Crippen molar-refractivity contribution >= 4 is 0 Å². The largest absolute Gasteiger partial charge is 0.484 e. The Morgan fingerprint density at radius 1 is 1.27 bits per heavy atom. The molecule has 0 fully saturated rings. The number of ether oxygens (including phenoxy) is 1. The van der Waals surface area contributed by atoms with Crippen LogP contribution in [-0.2, 0) is 6.42 Å². The molecule has 15 heavy (non-hydrogen) atoms. The molecular formula is C11H13F3O. The number of rotatable bonds is 3. The number of aryl methyl sites for hydroxylation is 2. The minimum absolute atomic E-state index is 0.296. The molecule has 0 aliphatic rings. The molecule has 0 saturated heterocycles. The van der Waals surface area contributed by atoms with E-state index in [4.69, 9.17) is 0 Å². The van der Waals surface area contributed by atoms with Gasteiger partial charge in [0.15, 0.2) is 6.61 Å². The normalized spacial score (nSPS) is 11.5. The quantitative estimate of drug-likeness (QED) is 0.754. The molecular weight excluding hydrogens is 205 g/mol. The third-order valence-electron chi connectivity index (χ3n) is 2.04. The molecule has 0 radical (unpaired) electrons. The lowest BCUT2D eigenvalue weighted by Crippen LogP contribution is -2.19. The summed E-state index contributed by atoms with van der Waals surface area (Å²) in [5.74, 6) is 0.296. The number of hydrogen-bond acceptors (Lipinski definition) is 1. The highest BCUT2D eigenvalue weighted by molar-refractivity contribution is 5.36. The van der Waals surface area contributed by atoms with Crippen LogP contribution in [-0.4, -0.2) is 12.8 Å². The van der Waals surface area contributed by atoms with Crippen LogP contribution in [0.4, 0.5) is 13.2 Å². The SMILES string of the molecule is CCc1ccc(OCC(F)(F)F)c(C)c1. The first-order chi connectivity index (χ1) is 6.92. The minimum Gasteiger partial charge on any atom is -0.484 e. The van der Waals surface area contributed by atoms with Crippen LogP contribution in [0.25, 0.3) is 0 Å². The molecule has 0 aromatic heterocycles. The van der Waals surface area contributed by atoms with E-state index in [2.05, 4.69) is 4.74 Å². The van der Waals surface area contributed by atoms with E-state index in [1.807, 2.05) is 13.0 Å². The highest BCUT2D eigenvalue weighted by Gasteiger charge is 2.28. The maximum absolute atomic E-state index is 11.9. The van der Waals surface area contributed by atoms with E-state index < -0.39 is 12.8 Å². The van der Waals surface area contributed by atoms with E-state index in [1.54, 1.807) is 19.1 Å². The Kier molecular flexibility index (Phi) is 3.61. The topological polar surface area (TPSA) is 9.23 Å². The fraction of sp³-hybridized carbons (Fsp3) is 0.455. The van der Waals surface area contributed by atoms with E-state index in [-0.39, 0.29) is 0 Å². The van der Waals surface area contributed by atoms with E-state index in [1.165, 1.54) is 0 Å². The number of halogens is 3. The Morgan fingerprint density at radius 2 is 1.93 bits per heavy atom. The molecule has 0 N–H and O–H groups in total. The Balaban J connectivity index is 2.70. The third kappa shape index (κ3) is 3.81. The van der Waals surface area contributed by atoms with Gasteiger partial charge in [-0.3, -0.25) is 0 Å². The van der Waals surface area contributed by atoms with Crippen molar-refractivity contribution in [3.63, 3.8) is 0 Å². The maximum atomic E-state index is 11.9. The van der Waals surface area contributed by atoms with Crippen molar-refractivity contribution in [3.8, 4) is 5.75 Å². The Bertz CT molecular complexity index is 331. The summed E-state index contributed by atoms with van der Waals surface area (Å²) in [6.45, 7) is 2.50. The molecule has 1 rings (SSSR count). The Hall–Kier alpha value is -1.19. The lowest BCUT2D eigenvalue weighted by Gasteiger charge is -2.11. The van der Waals surface area contributed by atoms with Gasteiger partial charge in [0.05, 0.1) is 0 Å². The van der Waals surface area contributed by atoms with E-state index in [9.17, 15) is 13.2 Å². The van der Waals surface area contributed by atoms with Crippen LogP contribution >= 0.6 is 0 Å². The molecule has 1 aromatic carbocycles. The van der Waals surface area contributed by atoms with Gasteiger partial charge in [-0.25, -0.2) is 0 Å². The van der Waals surface area contributed by atoms with Crippen molar-refractivity contribution < 1.29 is 17.9 Å². The van der Waals surface area contributed by atoms with Crippen LogP contribution in [0, 0.1) is 6.92 Å². The predicted molar refractivity (Wildman–Crippen MR) is 52.1 cm³/mol. The van der Waals surface area contributed by atoms with Gasteiger partial charge in [-0.2, -0.15) is 13.2 Å². The van der Waals surface area contributed by atoms with Gasteiger partial charge >= 0.3 is 6.18 Å². The molecule has 0 bridgehead atoms. The minimum atomic E-state index is -4.28. The zero-order valence-electron chi connectivity index (χ0n) is 8.69. The average molecular weight is 218 g/mol. The molecule has 1 aromatic rings. The molecule has 0 saturated carbocycles. The van der Waals surface area contributed by atoms with Gasteiger partial charge in [0.1, 0.15) is 5.75 Å². The van der Waals surface area contributed by atoms with Crippen LogP contribution in [0.3, 0.4) is 0 Å². The highest BCUT2D eigenvalue weighted by Crippen LogP contribution is 2.22. The van der Waals surface area contributed by atoms with Crippen molar-refractivity contribution in [2.75, 3.05) is 6.61 Å². The molecule has 0 atom stereocenters. The lowest BCUT2D eigenvalue weighted by molar-refractivity contribution is -0.153. The van der Waals surface area contributed by atoms with Crippen LogP contribution in [0.2, 0.25) is 0 Å². The summed E-state index contributed by atoms with van der Waals surface area (Å²) in [6, 6.07) is 5.20. The van der Waals surface area contributed by atoms with Crippen LogP contribution < -0.4 is 4.74 Å². The van der Waals surface area contributed by atoms with Gasteiger partial charge in [-0.15, -0.1) is 0 Å². The summed E-state index contributed by atoms with van der Waals surface area (Å²) in [6.07, 6.45) is -3.42. The molecule has 1 nitrogen and oxygen atoms in total. The molecule has 0 unspecified atom stereocenters. The van der Waals surface area contributed by atoms with Crippen LogP contribution in [0.1, 0.15) is 18.1 Å². The van der Waals surface area contributed by atoms with Crippen LogP contribution in [0.15, 0.2) is 18.2 Å². The van der Waals surface area contributed by atoms with Gasteiger partial charge in [0.2, 0.25) is 0 Å². The summed E-state index contributed by atoms with van der Waals surface area (Å²) in [5, 5.41) is 0. The fourth-order valence-corrected chi connectivity index (χ4v) is 1.25. The van der Waals surface area contributed by atoms with Gasteiger partial charge in [-0.05, 0) is 30.5 Å². The molecule has 0 heterocycles. The number of hydrogen-bond donors (Lipinski definition) is 0. The second-order valence-electron chi connectivity index (χ2n) is 3.36. The summed E-state index contributed by atoms with van der Waals surface area (Å²) in [7, 11) is 0. The van der Waals surface area contributed by atoms with Gasteiger partial charge in [0.25, 0.3) is 0 Å². The lowest BCUT2D eigenvalue weighted by atomic mass is 10.1. The summed E-state index contributed by atoms with van der Waals surface area (Å²) < 4.78 is 40.4. The molecule has 0 aliphatic carbocycles. The average Bonchev–Trinajstić information content (AvgIpc) is 2.14. The zero-order chi connectivity index (χ0) is 11.5. The summed E-state index contributed by atoms with van der Waals surface area (Å²) >= 11 is 0. The van der Waals surface area contributed by atoms with Crippen molar-refractivity contribution in [2.24, 2.45) is 0 Å². The van der Waals surface area contributed by atoms with E-state index in [0.29, 0.717) is 5.75 Å². The second kappa shape index (κ2) is 4.55.